The number of hydrogen-bond donors (Lipinski definition) is 3. The topological polar surface area (TPSA) is 88.5 Å². The van der Waals surface area contributed by atoms with Crippen LogP contribution in [0.25, 0.3) is 0 Å². The van der Waals surface area contributed by atoms with Crippen molar-refractivity contribution < 1.29 is 5.21 Å². The van der Waals surface area contributed by atoms with Crippen molar-refractivity contribution in [2.24, 2.45) is 16.3 Å². The van der Waals surface area contributed by atoms with E-state index in [0.29, 0.717) is 0 Å². The Bertz CT molecular complexity index is 345. The van der Waals surface area contributed by atoms with E-state index in [1.54, 1.807) is 12.5 Å². The molecule has 0 saturated carbocycles. The van der Waals surface area contributed by atoms with E-state index in [4.69, 9.17) is 10.9 Å². The highest BCUT2D eigenvalue weighted by atomic mass is 16.4. The third kappa shape index (κ3) is 4.44. The molecule has 0 unspecified atom stereocenters. The Morgan fingerprint density at radius 2 is 2.29 bits per heavy atom. The van der Waals surface area contributed by atoms with Gasteiger partial charge in [-0.25, -0.2) is 4.98 Å². The number of hydrogen-bond acceptors (Lipinski definition) is 4. The van der Waals surface area contributed by atoms with Gasteiger partial charge in [-0.15, -0.1) is 0 Å². The molecule has 0 fully saturated rings. The highest BCUT2D eigenvalue weighted by Crippen LogP contribution is 2.19. The highest BCUT2D eigenvalue weighted by molar-refractivity contribution is 5.85. The number of amidine groups is 1. The SMILES string of the molecule is CC(C)(CCNCCn1ccnc1)C(N)=NO. The van der Waals surface area contributed by atoms with E-state index in [1.165, 1.54) is 0 Å². The van der Waals surface area contributed by atoms with Gasteiger partial charge < -0.3 is 20.8 Å². The van der Waals surface area contributed by atoms with Crippen LogP contribution >= 0.6 is 0 Å². The molecule has 4 N–H and O–H groups in total. The van der Waals surface area contributed by atoms with Gasteiger partial charge in [0, 0.05) is 30.9 Å². The van der Waals surface area contributed by atoms with Crippen molar-refractivity contribution >= 4 is 5.84 Å². The van der Waals surface area contributed by atoms with Crippen LogP contribution in [-0.2, 0) is 6.54 Å². The van der Waals surface area contributed by atoms with Crippen LogP contribution in [0.4, 0.5) is 0 Å². The van der Waals surface area contributed by atoms with Gasteiger partial charge in [0.2, 0.25) is 0 Å². The Hall–Kier alpha value is -1.56. The van der Waals surface area contributed by atoms with Crippen LogP contribution in [0.1, 0.15) is 20.3 Å². The van der Waals surface area contributed by atoms with E-state index in [1.807, 2.05) is 24.6 Å². The average molecular weight is 239 g/mol. The van der Waals surface area contributed by atoms with Gasteiger partial charge in [-0.3, -0.25) is 0 Å². The molecular formula is C11H21N5O. The van der Waals surface area contributed by atoms with Gasteiger partial charge in [0.05, 0.1) is 6.33 Å². The molecule has 0 aliphatic rings. The lowest BCUT2D eigenvalue weighted by Crippen LogP contribution is -2.35. The summed E-state index contributed by atoms with van der Waals surface area (Å²) >= 11 is 0. The van der Waals surface area contributed by atoms with Crippen molar-refractivity contribution in [3.8, 4) is 0 Å². The molecule has 0 aliphatic heterocycles. The summed E-state index contributed by atoms with van der Waals surface area (Å²) in [5, 5.41) is 15.0. The normalized spacial score (nSPS) is 12.9. The monoisotopic (exact) mass is 239 g/mol. The fourth-order valence-electron chi connectivity index (χ4n) is 1.42. The van der Waals surface area contributed by atoms with Gasteiger partial charge in [0.1, 0.15) is 5.84 Å². The Morgan fingerprint density at radius 1 is 1.53 bits per heavy atom. The van der Waals surface area contributed by atoms with E-state index in [0.717, 1.165) is 26.1 Å². The summed E-state index contributed by atoms with van der Waals surface area (Å²) in [6, 6.07) is 0. The summed E-state index contributed by atoms with van der Waals surface area (Å²) in [5.74, 6) is 0.272. The molecule has 1 heterocycles. The Labute approximate surface area is 102 Å². The molecule has 1 aromatic rings. The summed E-state index contributed by atoms with van der Waals surface area (Å²) in [7, 11) is 0. The zero-order valence-corrected chi connectivity index (χ0v) is 10.4. The lowest BCUT2D eigenvalue weighted by atomic mass is 9.88. The predicted molar refractivity (Wildman–Crippen MR) is 66.9 cm³/mol. The van der Waals surface area contributed by atoms with Crippen molar-refractivity contribution in [3.05, 3.63) is 18.7 Å². The number of oxime groups is 1. The van der Waals surface area contributed by atoms with Gasteiger partial charge in [-0.05, 0) is 13.0 Å². The van der Waals surface area contributed by atoms with E-state index >= 15 is 0 Å². The Kier molecular flexibility index (Phi) is 4.96. The lowest BCUT2D eigenvalue weighted by molar-refractivity contribution is 0.305. The molecule has 1 aromatic heterocycles. The minimum Gasteiger partial charge on any atom is -0.409 e. The van der Waals surface area contributed by atoms with Gasteiger partial charge in [-0.1, -0.05) is 19.0 Å². The maximum atomic E-state index is 8.63. The maximum Gasteiger partial charge on any atom is 0.144 e. The molecule has 0 spiro atoms. The number of rotatable bonds is 7. The molecule has 1 rings (SSSR count). The van der Waals surface area contributed by atoms with Crippen LogP contribution in [0.3, 0.4) is 0 Å². The number of nitrogens with two attached hydrogens (primary N) is 1. The summed E-state index contributed by atoms with van der Waals surface area (Å²) in [5.41, 5.74) is 5.32. The van der Waals surface area contributed by atoms with Gasteiger partial charge in [0.15, 0.2) is 0 Å². The summed E-state index contributed by atoms with van der Waals surface area (Å²) in [6.07, 6.45) is 6.32. The first-order valence-electron chi connectivity index (χ1n) is 5.71. The number of nitrogens with zero attached hydrogens (tertiary/aromatic N) is 3. The van der Waals surface area contributed by atoms with Crippen LogP contribution < -0.4 is 11.1 Å². The third-order valence-electron chi connectivity index (χ3n) is 2.83. The molecule has 17 heavy (non-hydrogen) atoms. The Morgan fingerprint density at radius 3 is 2.88 bits per heavy atom. The van der Waals surface area contributed by atoms with Gasteiger partial charge >= 0.3 is 0 Å². The summed E-state index contributed by atoms with van der Waals surface area (Å²) in [4.78, 5) is 3.97. The first-order valence-corrected chi connectivity index (χ1v) is 5.71. The van der Waals surface area contributed by atoms with Crippen LogP contribution in [0.5, 0.6) is 0 Å². The minimum atomic E-state index is -0.281. The zero-order chi connectivity index (χ0) is 12.7. The van der Waals surface area contributed by atoms with Crippen molar-refractivity contribution in [2.75, 3.05) is 13.1 Å². The molecule has 6 nitrogen and oxygen atoms in total. The van der Waals surface area contributed by atoms with E-state index < -0.39 is 0 Å². The fraction of sp³-hybridized carbons (Fsp3) is 0.636. The highest BCUT2D eigenvalue weighted by Gasteiger charge is 2.22. The maximum absolute atomic E-state index is 8.63. The first-order chi connectivity index (χ1) is 8.06. The second-order valence-electron chi connectivity index (χ2n) is 4.67. The third-order valence-corrected chi connectivity index (χ3v) is 2.83. The number of aromatic nitrogens is 2. The molecule has 0 radical (unpaired) electrons. The number of nitrogens with one attached hydrogen (secondary N) is 1. The van der Waals surface area contributed by atoms with Crippen molar-refractivity contribution in [2.45, 2.75) is 26.8 Å². The van der Waals surface area contributed by atoms with Gasteiger partial charge in [0.25, 0.3) is 0 Å². The standard InChI is InChI=1S/C11H21N5O/c1-11(2,10(12)15-17)3-4-13-5-7-16-8-6-14-9-16/h6,8-9,13,17H,3-5,7H2,1-2H3,(H2,12,15). The van der Waals surface area contributed by atoms with Crippen molar-refractivity contribution in [1.29, 1.82) is 0 Å². The second kappa shape index (κ2) is 6.24. The summed E-state index contributed by atoms with van der Waals surface area (Å²) in [6.45, 7) is 6.52. The fourth-order valence-corrected chi connectivity index (χ4v) is 1.42. The molecule has 0 aliphatic carbocycles. The van der Waals surface area contributed by atoms with E-state index in [2.05, 4.69) is 15.5 Å². The first kappa shape index (κ1) is 13.5. The minimum absolute atomic E-state index is 0.272. The van der Waals surface area contributed by atoms with Crippen LogP contribution in [0, 0.1) is 5.41 Å². The lowest BCUT2D eigenvalue weighted by Gasteiger charge is -2.22. The quantitative estimate of drug-likeness (QED) is 0.214. The molecule has 0 aromatic carbocycles. The molecule has 6 heteroatoms. The average Bonchev–Trinajstić information content (AvgIpc) is 2.80. The molecular weight excluding hydrogens is 218 g/mol. The molecule has 0 saturated heterocycles. The smallest absolute Gasteiger partial charge is 0.144 e. The van der Waals surface area contributed by atoms with Crippen LogP contribution in [0.15, 0.2) is 23.9 Å². The summed E-state index contributed by atoms with van der Waals surface area (Å²) < 4.78 is 2.02. The zero-order valence-electron chi connectivity index (χ0n) is 10.4. The second-order valence-corrected chi connectivity index (χ2v) is 4.67. The van der Waals surface area contributed by atoms with E-state index in [9.17, 15) is 0 Å². The molecule has 96 valence electrons. The van der Waals surface area contributed by atoms with E-state index in [-0.39, 0.29) is 11.3 Å². The van der Waals surface area contributed by atoms with Crippen molar-refractivity contribution in [1.82, 2.24) is 14.9 Å². The largest absolute Gasteiger partial charge is 0.409 e. The predicted octanol–water partition coefficient (Wildman–Crippen LogP) is 0.635. The Balaban J connectivity index is 2.16. The molecule has 0 bridgehead atoms. The molecule has 0 amide bonds. The van der Waals surface area contributed by atoms with Crippen LogP contribution in [0.2, 0.25) is 0 Å². The van der Waals surface area contributed by atoms with Gasteiger partial charge in [-0.2, -0.15) is 0 Å². The molecule has 0 atom stereocenters. The van der Waals surface area contributed by atoms with Crippen molar-refractivity contribution in [3.63, 3.8) is 0 Å². The van der Waals surface area contributed by atoms with Crippen LogP contribution in [-0.4, -0.2) is 33.7 Å². The number of imidazole rings is 1.